The molecule has 108 valence electrons. The van der Waals surface area contributed by atoms with E-state index in [1.165, 1.54) is 11.1 Å². The van der Waals surface area contributed by atoms with E-state index in [4.69, 9.17) is 9.47 Å². The summed E-state index contributed by atoms with van der Waals surface area (Å²) in [4.78, 5) is 2.51. The van der Waals surface area contributed by atoms with Crippen molar-refractivity contribution in [1.82, 2.24) is 10.2 Å². The van der Waals surface area contributed by atoms with Crippen LogP contribution in [0.25, 0.3) is 5.57 Å². The second-order valence-electron chi connectivity index (χ2n) is 5.34. The minimum Gasteiger partial charge on any atom is -0.454 e. The summed E-state index contributed by atoms with van der Waals surface area (Å²) in [6.07, 6.45) is 3.42. The zero-order valence-electron chi connectivity index (χ0n) is 12.0. The Morgan fingerprint density at radius 3 is 2.90 bits per heavy atom. The van der Waals surface area contributed by atoms with Gasteiger partial charge in [-0.3, -0.25) is 0 Å². The van der Waals surface area contributed by atoms with Crippen LogP contribution in [0.1, 0.15) is 18.9 Å². The van der Waals surface area contributed by atoms with Crippen molar-refractivity contribution in [2.75, 3.05) is 39.5 Å². The molecule has 0 unspecified atom stereocenters. The summed E-state index contributed by atoms with van der Waals surface area (Å²) >= 11 is 0. The number of allylic oxidation sites excluding steroid dienone is 1. The number of nitrogens with zero attached hydrogens (tertiary/aromatic N) is 1. The van der Waals surface area contributed by atoms with Gasteiger partial charge in [-0.25, -0.2) is 0 Å². The van der Waals surface area contributed by atoms with Gasteiger partial charge in [0.15, 0.2) is 11.5 Å². The molecule has 20 heavy (non-hydrogen) atoms. The maximum Gasteiger partial charge on any atom is 0.231 e. The lowest BCUT2D eigenvalue weighted by molar-refractivity contribution is 0.174. The highest BCUT2D eigenvalue weighted by molar-refractivity contribution is 5.66. The Hall–Kier alpha value is -1.52. The zero-order valence-corrected chi connectivity index (χ0v) is 12.0. The number of hydrogen-bond acceptors (Lipinski definition) is 4. The molecule has 0 amide bonds. The highest BCUT2D eigenvalue weighted by atomic mass is 16.7. The van der Waals surface area contributed by atoms with E-state index < -0.39 is 0 Å². The number of ether oxygens (including phenoxy) is 2. The molecule has 4 heteroatoms. The lowest BCUT2D eigenvalue weighted by Crippen LogP contribution is -2.43. The van der Waals surface area contributed by atoms with E-state index in [1.807, 2.05) is 6.07 Å². The van der Waals surface area contributed by atoms with E-state index in [0.29, 0.717) is 6.79 Å². The standard InChI is InChI=1S/C16H22N2O2/c1-13(3-2-8-18-9-6-17-7-10-18)14-4-5-15-16(11-14)20-12-19-15/h3-5,11,17H,2,6-10,12H2,1H3/b13-3+. The normalized spacial score (nSPS) is 19.4. The highest BCUT2D eigenvalue weighted by Crippen LogP contribution is 2.34. The van der Waals surface area contributed by atoms with Gasteiger partial charge in [0.2, 0.25) is 6.79 Å². The van der Waals surface area contributed by atoms with Gasteiger partial charge < -0.3 is 19.7 Å². The summed E-state index contributed by atoms with van der Waals surface area (Å²) in [5.41, 5.74) is 2.52. The highest BCUT2D eigenvalue weighted by Gasteiger charge is 2.13. The maximum absolute atomic E-state index is 5.42. The van der Waals surface area contributed by atoms with Crippen LogP contribution < -0.4 is 14.8 Å². The summed E-state index contributed by atoms with van der Waals surface area (Å²) < 4.78 is 10.8. The van der Waals surface area contributed by atoms with Gasteiger partial charge in [-0.1, -0.05) is 12.1 Å². The molecule has 2 heterocycles. The molecule has 0 bridgehead atoms. The van der Waals surface area contributed by atoms with Crippen molar-refractivity contribution in [2.45, 2.75) is 13.3 Å². The summed E-state index contributed by atoms with van der Waals surface area (Å²) in [5, 5.41) is 3.38. The molecule has 1 fully saturated rings. The third kappa shape index (κ3) is 3.14. The van der Waals surface area contributed by atoms with E-state index >= 15 is 0 Å². The predicted octanol–water partition coefficient (Wildman–Crippen LogP) is 2.11. The topological polar surface area (TPSA) is 33.7 Å². The van der Waals surface area contributed by atoms with Crippen LogP contribution in [0.15, 0.2) is 24.3 Å². The molecule has 0 spiro atoms. The van der Waals surface area contributed by atoms with Crippen LogP contribution in [0.2, 0.25) is 0 Å². The average molecular weight is 274 g/mol. The minimum absolute atomic E-state index is 0.338. The van der Waals surface area contributed by atoms with Gasteiger partial charge in [-0.15, -0.1) is 0 Å². The molecule has 0 atom stereocenters. The smallest absolute Gasteiger partial charge is 0.231 e. The van der Waals surface area contributed by atoms with Crippen LogP contribution in [0.5, 0.6) is 11.5 Å². The van der Waals surface area contributed by atoms with E-state index in [2.05, 4.69) is 35.3 Å². The molecule has 0 aromatic heterocycles. The molecular formula is C16H22N2O2. The lowest BCUT2D eigenvalue weighted by atomic mass is 10.1. The Balaban J connectivity index is 1.57. The van der Waals surface area contributed by atoms with Crippen molar-refractivity contribution in [3.05, 3.63) is 29.8 Å². The quantitative estimate of drug-likeness (QED) is 0.912. The number of nitrogens with one attached hydrogen (secondary N) is 1. The Morgan fingerprint density at radius 1 is 1.25 bits per heavy atom. The van der Waals surface area contributed by atoms with Crippen LogP contribution in [0.4, 0.5) is 0 Å². The molecule has 4 nitrogen and oxygen atoms in total. The van der Waals surface area contributed by atoms with Crippen molar-refractivity contribution in [3.8, 4) is 11.5 Å². The van der Waals surface area contributed by atoms with Crippen LogP contribution >= 0.6 is 0 Å². The summed E-state index contributed by atoms with van der Waals surface area (Å²) in [5.74, 6) is 1.71. The molecule has 1 aromatic carbocycles. The van der Waals surface area contributed by atoms with Gasteiger partial charge in [0.25, 0.3) is 0 Å². The molecule has 2 aliphatic heterocycles. The second kappa shape index (κ2) is 6.29. The van der Waals surface area contributed by atoms with E-state index in [1.54, 1.807) is 0 Å². The third-order valence-corrected chi connectivity index (χ3v) is 3.93. The Labute approximate surface area is 120 Å². The molecule has 1 saturated heterocycles. The van der Waals surface area contributed by atoms with E-state index in [-0.39, 0.29) is 0 Å². The SMILES string of the molecule is C/C(=C\CCN1CCNCC1)c1ccc2c(c1)OCO2. The predicted molar refractivity (Wildman–Crippen MR) is 80.1 cm³/mol. The number of piperazine rings is 1. The summed E-state index contributed by atoms with van der Waals surface area (Å²) in [6, 6.07) is 6.16. The van der Waals surface area contributed by atoms with Gasteiger partial charge in [-0.05, 0) is 36.6 Å². The van der Waals surface area contributed by atoms with Crippen molar-refractivity contribution in [3.63, 3.8) is 0 Å². The fourth-order valence-corrected chi connectivity index (χ4v) is 2.66. The molecule has 1 N–H and O–H groups in total. The zero-order chi connectivity index (χ0) is 13.8. The fourth-order valence-electron chi connectivity index (χ4n) is 2.66. The molecule has 0 radical (unpaired) electrons. The Bertz CT molecular complexity index is 493. The summed E-state index contributed by atoms with van der Waals surface area (Å²) in [6.45, 7) is 8.20. The second-order valence-corrected chi connectivity index (χ2v) is 5.34. The van der Waals surface area contributed by atoms with E-state index in [9.17, 15) is 0 Å². The fraction of sp³-hybridized carbons (Fsp3) is 0.500. The summed E-state index contributed by atoms with van der Waals surface area (Å²) in [7, 11) is 0. The van der Waals surface area contributed by atoms with Crippen LogP contribution in [0.3, 0.4) is 0 Å². The third-order valence-electron chi connectivity index (χ3n) is 3.93. The van der Waals surface area contributed by atoms with Gasteiger partial charge in [-0.2, -0.15) is 0 Å². The van der Waals surface area contributed by atoms with Crippen LogP contribution in [0, 0.1) is 0 Å². The van der Waals surface area contributed by atoms with Gasteiger partial charge >= 0.3 is 0 Å². The first-order valence-corrected chi connectivity index (χ1v) is 7.33. The first kappa shape index (κ1) is 13.5. The maximum atomic E-state index is 5.42. The minimum atomic E-state index is 0.338. The number of rotatable bonds is 4. The van der Waals surface area contributed by atoms with Gasteiger partial charge in [0, 0.05) is 32.7 Å². The van der Waals surface area contributed by atoms with Crippen molar-refractivity contribution in [2.24, 2.45) is 0 Å². The number of hydrogen-bond donors (Lipinski definition) is 1. The molecule has 0 saturated carbocycles. The molecular weight excluding hydrogens is 252 g/mol. The van der Waals surface area contributed by atoms with Crippen molar-refractivity contribution in [1.29, 1.82) is 0 Å². The lowest BCUT2D eigenvalue weighted by Gasteiger charge is -2.26. The molecule has 0 aliphatic carbocycles. The van der Waals surface area contributed by atoms with Crippen molar-refractivity contribution >= 4 is 5.57 Å². The first-order chi connectivity index (χ1) is 9.83. The van der Waals surface area contributed by atoms with Gasteiger partial charge in [0.1, 0.15) is 0 Å². The first-order valence-electron chi connectivity index (χ1n) is 7.33. The van der Waals surface area contributed by atoms with Crippen LogP contribution in [-0.2, 0) is 0 Å². The van der Waals surface area contributed by atoms with E-state index in [0.717, 1.165) is 50.6 Å². The van der Waals surface area contributed by atoms with Crippen LogP contribution in [-0.4, -0.2) is 44.4 Å². The largest absolute Gasteiger partial charge is 0.454 e. The van der Waals surface area contributed by atoms with Gasteiger partial charge in [0.05, 0.1) is 0 Å². The van der Waals surface area contributed by atoms with Crippen molar-refractivity contribution < 1.29 is 9.47 Å². The number of benzene rings is 1. The monoisotopic (exact) mass is 274 g/mol. The molecule has 3 rings (SSSR count). The number of fused-ring (bicyclic) bond motifs is 1. The average Bonchev–Trinajstić information content (AvgIpc) is 2.95. The Morgan fingerprint density at radius 2 is 2.05 bits per heavy atom. The molecule has 1 aromatic rings. The molecule has 2 aliphatic rings. The Kier molecular flexibility index (Phi) is 4.23.